The Bertz CT molecular complexity index is 377. The maximum Gasteiger partial charge on any atom is 0.306 e. The van der Waals surface area contributed by atoms with Crippen molar-refractivity contribution in [2.45, 2.75) is 38.5 Å². The van der Waals surface area contributed by atoms with Crippen LogP contribution in [0.3, 0.4) is 0 Å². The molecule has 0 amide bonds. The van der Waals surface area contributed by atoms with Gasteiger partial charge in [-0.05, 0) is 18.8 Å². The topological polar surface area (TPSA) is 75.7 Å². The Kier molecular flexibility index (Phi) is 6.74. The number of carbonyl (C=O) groups is 1. The van der Waals surface area contributed by atoms with Gasteiger partial charge in [-0.3, -0.25) is 4.79 Å². The third kappa shape index (κ3) is 5.88. The summed E-state index contributed by atoms with van der Waals surface area (Å²) in [6, 6.07) is 0. The van der Waals surface area contributed by atoms with Gasteiger partial charge in [-0.15, -0.1) is 0 Å². The molecule has 0 aromatic carbocycles. The van der Waals surface area contributed by atoms with Crippen molar-refractivity contribution in [1.29, 1.82) is 0 Å². The summed E-state index contributed by atoms with van der Waals surface area (Å²) in [6.07, 6.45) is 5.87. The van der Waals surface area contributed by atoms with Gasteiger partial charge in [0.2, 0.25) is 0 Å². The number of esters is 1. The van der Waals surface area contributed by atoms with Gasteiger partial charge in [-0.2, -0.15) is 12.7 Å². The van der Waals surface area contributed by atoms with Gasteiger partial charge in [0.25, 0.3) is 10.2 Å². The van der Waals surface area contributed by atoms with Crippen LogP contribution in [0.2, 0.25) is 0 Å². The zero-order valence-corrected chi connectivity index (χ0v) is 12.5. The Hall–Kier alpha value is -0.660. The summed E-state index contributed by atoms with van der Waals surface area (Å²) in [5.74, 6) is 0.0341. The molecule has 1 rings (SSSR count). The number of hydrogen-bond acceptors (Lipinski definition) is 4. The molecule has 1 aliphatic carbocycles. The van der Waals surface area contributed by atoms with Crippen LogP contribution < -0.4 is 4.72 Å². The molecule has 0 aromatic heterocycles. The molecule has 0 bridgehead atoms. The average molecular weight is 292 g/mol. The van der Waals surface area contributed by atoms with Crippen LogP contribution in [-0.4, -0.2) is 45.9 Å². The van der Waals surface area contributed by atoms with Crippen LogP contribution in [0, 0.1) is 5.92 Å². The van der Waals surface area contributed by atoms with E-state index in [0.717, 1.165) is 17.1 Å². The van der Waals surface area contributed by atoms with E-state index >= 15 is 0 Å². The Labute approximate surface area is 115 Å². The van der Waals surface area contributed by atoms with E-state index in [4.69, 9.17) is 0 Å². The average Bonchev–Trinajstić information content (AvgIpc) is 2.43. The van der Waals surface area contributed by atoms with Gasteiger partial charge in [0.1, 0.15) is 0 Å². The first-order valence-corrected chi connectivity index (χ1v) is 8.17. The highest BCUT2D eigenvalue weighted by Gasteiger charge is 2.21. The van der Waals surface area contributed by atoms with Crippen LogP contribution in [0.25, 0.3) is 0 Å². The van der Waals surface area contributed by atoms with E-state index in [1.54, 1.807) is 0 Å². The maximum absolute atomic E-state index is 11.9. The number of rotatable bonds is 7. The number of nitrogens with one attached hydrogen (secondary N) is 1. The van der Waals surface area contributed by atoms with Crippen LogP contribution in [0.5, 0.6) is 0 Å². The van der Waals surface area contributed by atoms with E-state index in [9.17, 15) is 13.2 Å². The fraction of sp³-hybridized carbons (Fsp3) is 0.917. The summed E-state index contributed by atoms with van der Waals surface area (Å²) in [5.41, 5.74) is 0. The standard InChI is InChI=1S/C12H24N2O4S/c1-14(9-8-12(15)18-2)19(16,17)13-10-11-6-4-3-5-7-11/h11,13H,3-10H2,1-2H3. The van der Waals surface area contributed by atoms with E-state index in [1.165, 1.54) is 33.4 Å². The first-order valence-electron chi connectivity index (χ1n) is 6.73. The van der Waals surface area contributed by atoms with Gasteiger partial charge < -0.3 is 4.74 Å². The van der Waals surface area contributed by atoms with Gasteiger partial charge in [-0.1, -0.05) is 19.3 Å². The second-order valence-electron chi connectivity index (χ2n) is 5.01. The second kappa shape index (κ2) is 7.81. The smallest absolute Gasteiger partial charge is 0.306 e. The third-order valence-corrected chi connectivity index (χ3v) is 5.08. The lowest BCUT2D eigenvalue weighted by Crippen LogP contribution is -2.41. The van der Waals surface area contributed by atoms with E-state index in [-0.39, 0.29) is 13.0 Å². The Morgan fingerprint density at radius 1 is 1.32 bits per heavy atom. The predicted molar refractivity (Wildman–Crippen MR) is 72.8 cm³/mol. The highest BCUT2D eigenvalue weighted by molar-refractivity contribution is 7.87. The van der Waals surface area contributed by atoms with E-state index < -0.39 is 16.2 Å². The Morgan fingerprint density at radius 3 is 2.53 bits per heavy atom. The van der Waals surface area contributed by atoms with E-state index in [0.29, 0.717) is 12.5 Å². The fourth-order valence-corrected chi connectivity index (χ4v) is 3.19. The third-order valence-electron chi connectivity index (χ3n) is 3.55. The molecule has 0 heterocycles. The van der Waals surface area contributed by atoms with Gasteiger partial charge in [0.15, 0.2) is 0 Å². The molecular weight excluding hydrogens is 268 g/mol. The minimum atomic E-state index is -3.49. The van der Waals surface area contributed by atoms with Gasteiger partial charge >= 0.3 is 5.97 Å². The molecular formula is C12H24N2O4S. The first kappa shape index (κ1) is 16.4. The largest absolute Gasteiger partial charge is 0.469 e. The van der Waals surface area contributed by atoms with Gasteiger partial charge in [-0.25, -0.2) is 4.72 Å². The number of carbonyl (C=O) groups excluding carboxylic acids is 1. The molecule has 0 saturated heterocycles. The lowest BCUT2D eigenvalue weighted by atomic mass is 9.90. The summed E-state index contributed by atoms with van der Waals surface area (Å²) >= 11 is 0. The van der Waals surface area contributed by atoms with Crippen molar-refractivity contribution in [1.82, 2.24) is 9.03 Å². The Balaban J connectivity index is 2.34. The number of nitrogens with zero attached hydrogens (tertiary/aromatic N) is 1. The highest BCUT2D eigenvalue weighted by atomic mass is 32.2. The molecule has 1 saturated carbocycles. The van der Waals surface area contributed by atoms with Crippen LogP contribution >= 0.6 is 0 Å². The molecule has 112 valence electrons. The van der Waals surface area contributed by atoms with Crippen LogP contribution in [-0.2, 0) is 19.7 Å². The van der Waals surface area contributed by atoms with E-state index in [1.807, 2.05) is 0 Å². The number of methoxy groups -OCH3 is 1. The molecule has 19 heavy (non-hydrogen) atoms. The van der Waals surface area contributed by atoms with Crippen molar-refractivity contribution in [2.24, 2.45) is 5.92 Å². The molecule has 0 aromatic rings. The summed E-state index contributed by atoms with van der Waals surface area (Å²) in [4.78, 5) is 11.0. The summed E-state index contributed by atoms with van der Waals surface area (Å²) in [6.45, 7) is 0.623. The van der Waals surface area contributed by atoms with Gasteiger partial charge in [0, 0.05) is 20.1 Å². The SMILES string of the molecule is COC(=O)CCN(C)S(=O)(=O)NCC1CCCCC1. The van der Waals surface area contributed by atoms with Crippen molar-refractivity contribution in [3.8, 4) is 0 Å². The summed E-state index contributed by atoms with van der Waals surface area (Å²) in [7, 11) is -0.734. The van der Waals surface area contributed by atoms with Gasteiger partial charge in [0.05, 0.1) is 13.5 Å². The molecule has 0 spiro atoms. The first-order chi connectivity index (χ1) is 8.95. The van der Waals surface area contributed by atoms with Crippen molar-refractivity contribution in [2.75, 3.05) is 27.2 Å². The van der Waals surface area contributed by atoms with Crippen LogP contribution in [0.4, 0.5) is 0 Å². The molecule has 7 heteroatoms. The van der Waals surface area contributed by atoms with E-state index in [2.05, 4.69) is 9.46 Å². The number of hydrogen-bond donors (Lipinski definition) is 1. The van der Waals surface area contributed by atoms with Crippen LogP contribution in [0.15, 0.2) is 0 Å². The molecule has 1 N–H and O–H groups in total. The second-order valence-corrected chi connectivity index (χ2v) is 6.87. The molecule has 0 unspecified atom stereocenters. The minimum absolute atomic E-state index is 0.0668. The summed E-state index contributed by atoms with van der Waals surface area (Å²) < 4.78 is 32.1. The minimum Gasteiger partial charge on any atom is -0.469 e. The van der Waals surface area contributed by atoms with Crippen molar-refractivity contribution in [3.63, 3.8) is 0 Å². The lowest BCUT2D eigenvalue weighted by Gasteiger charge is -2.23. The summed E-state index contributed by atoms with van der Waals surface area (Å²) in [5, 5.41) is 0. The molecule has 0 radical (unpaired) electrons. The maximum atomic E-state index is 11.9. The molecule has 0 aliphatic heterocycles. The van der Waals surface area contributed by atoms with Crippen LogP contribution in [0.1, 0.15) is 38.5 Å². The van der Waals surface area contributed by atoms with Crippen molar-refractivity contribution >= 4 is 16.2 Å². The highest BCUT2D eigenvalue weighted by Crippen LogP contribution is 2.22. The lowest BCUT2D eigenvalue weighted by molar-refractivity contribution is -0.140. The Morgan fingerprint density at radius 2 is 1.95 bits per heavy atom. The van der Waals surface area contributed by atoms with Crippen molar-refractivity contribution < 1.29 is 17.9 Å². The number of ether oxygens (including phenoxy) is 1. The zero-order valence-electron chi connectivity index (χ0n) is 11.7. The molecule has 6 nitrogen and oxygen atoms in total. The molecule has 1 aliphatic rings. The molecule has 0 atom stereocenters. The normalized spacial score (nSPS) is 17.6. The van der Waals surface area contributed by atoms with Crippen molar-refractivity contribution in [3.05, 3.63) is 0 Å². The predicted octanol–water partition coefficient (Wildman–Crippen LogP) is 0.896. The quantitative estimate of drug-likeness (QED) is 0.707. The zero-order chi connectivity index (χ0) is 14.3. The molecule has 1 fully saturated rings. The monoisotopic (exact) mass is 292 g/mol. The fourth-order valence-electron chi connectivity index (χ4n) is 2.20.